The van der Waals surface area contributed by atoms with Gasteiger partial charge in [-0.3, -0.25) is 4.90 Å². The van der Waals surface area contributed by atoms with Crippen LogP contribution in [0.5, 0.6) is 5.75 Å². The molecule has 0 spiro atoms. The van der Waals surface area contributed by atoms with Crippen LogP contribution >= 0.6 is 22.6 Å². The second kappa shape index (κ2) is 5.78. The van der Waals surface area contributed by atoms with Crippen LogP contribution in [0.15, 0.2) is 24.3 Å². The van der Waals surface area contributed by atoms with Crippen molar-refractivity contribution in [2.45, 2.75) is 45.3 Å². The van der Waals surface area contributed by atoms with Gasteiger partial charge in [0.2, 0.25) is 0 Å². The molecular formula is C15H22INO. The van der Waals surface area contributed by atoms with Crippen LogP contribution in [0.1, 0.15) is 33.6 Å². The summed E-state index contributed by atoms with van der Waals surface area (Å²) in [5, 5.41) is 0. The topological polar surface area (TPSA) is 12.5 Å². The maximum atomic E-state index is 6.04. The predicted octanol–water partition coefficient (Wildman–Crippen LogP) is 3.93. The van der Waals surface area contributed by atoms with Gasteiger partial charge in [0.05, 0.1) is 0 Å². The van der Waals surface area contributed by atoms with E-state index in [1.54, 1.807) is 0 Å². The van der Waals surface area contributed by atoms with Gasteiger partial charge in [0, 0.05) is 22.2 Å². The molecule has 1 aliphatic rings. The van der Waals surface area contributed by atoms with Gasteiger partial charge in [-0.05, 0) is 80.5 Å². The zero-order valence-electron chi connectivity index (χ0n) is 11.4. The summed E-state index contributed by atoms with van der Waals surface area (Å²) in [6.07, 6.45) is 2.63. The largest absolute Gasteiger partial charge is 0.490 e. The highest BCUT2D eigenvalue weighted by Crippen LogP contribution is 2.23. The van der Waals surface area contributed by atoms with E-state index in [4.69, 9.17) is 4.74 Å². The lowest BCUT2D eigenvalue weighted by Crippen LogP contribution is -2.48. The van der Waals surface area contributed by atoms with Gasteiger partial charge in [-0.15, -0.1) is 0 Å². The minimum atomic E-state index is 0.286. The fourth-order valence-corrected chi connectivity index (χ4v) is 2.71. The fraction of sp³-hybridized carbons (Fsp3) is 0.600. The van der Waals surface area contributed by atoms with Gasteiger partial charge in [-0.25, -0.2) is 0 Å². The molecule has 0 saturated carbocycles. The number of hydrogen-bond acceptors (Lipinski definition) is 2. The third-order valence-corrected chi connectivity index (χ3v) is 4.23. The first kappa shape index (κ1) is 14.1. The third kappa shape index (κ3) is 3.85. The van der Waals surface area contributed by atoms with E-state index < -0.39 is 0 Å². The molecule has 2 nitrogen and oxygen atoms in total. The van der Waals surface area contributed by atoms with Crippen molar-refractivity contribution in [2.75, 3.05) is 13.1 Å². The molecule has 3 heteroatoms. The van der Waals surface area contributed by atoms with E-state index in [9.17, 15) is 0 Å². The Balaban J connectivity index is 1.85. The Labute approximate surface area is 124 Å². The first-order valence-electron chi connectivity index (χ1n) is 6.62. The first-order valence-corrected chi connectivity index (χ1v) is 7.70. The quantitative estimate of drug-likeness (QED) is 0.742. The molecule has 1 aromatic carbocycles. The van der Waals surface area contributed by atoms with Gasteiger partial charge in [0.15, 0.2) is 0 Å². The fourth-order valence-electron chi connectivity index (χ4n) is 2.35. The van der Waals surface area contributed by atoms with Crippen LogP contribution in [0.25, 0.3) is 0 Å². The van der Waals surface area contributed by atoms with Crippen molar-refractivity contribution in [3.63, 3.8) is 0 Å². The van der Waals surface area contributed by atoms with Crippen molar-refractivity contribution < 1.29 is 4.74 Å². The number of rotatable bonds is 2. The zero-order valence-corrected chi connectivity index (χ0v) is 13.6. The Morgan fingerprint density at radius 2 is 1.67 bits per heavy atom. The van der Waals surface area contributed by atoms with E-state index in [0.717, 1.165) is 31.7 Å². The van der Waals surface area contributed by atoms with E-state index >= 15 is 0 Å². The van der Waals surface area contributed by atoms with Crippen molar-refractivity contribution in [1.82, 2.24) is 4.90 Å². The number of halogens is 1. The molecule has 0 radical (unpaired) electrons. The maximum absolute atomic E-state index is 6.04. The van der Waals surface area contributed by atoms with E-state index in [-0.39, 0.29) is 5.54 Å². The van der Waals surface area contributed by atoms with Crippen LogP contribution in [0, 0.1) is 3.57 Å². The Morgan fingerprint density at radius 1 is 1.11 bits per heavy atom. The van der Waals surface area contributed by atoms with Gasteiger partial charge in [-0.2, -0.15) is 0 Å². The van der Waals surface area contributed by atoms with Crippen LogP contribution < -0.4 is 4.74 Å². The average Bonchev–Trinajstić information content (AvgIpc) is 2.32. The average molecular weight is 359 g/mol. The lowest BCUT2D eigenvalue weighted by atomic mass is 9.99. The SMILES string of the molecule is CC(C)(C)N1CCC(Oc2ccc(I)cc2)CC1. The molecule has 0 atom stereocenters. The Bertz CT molecular complexity index is 374. The molecule has 1 heterocycles. The highest BCUT2D eigenvalue weighted by molar-refractivity contribution is 14.1. The molecule has 1 saturated heterocycles. The van der Waals surface area contributed by atoms with Crippen LogP contribution in [0.2, 0.25) is 0 Å². The minimum absolute atomic E-state index is 0.286. The third-order valence-electron chi connectivity index (χ3n) is 3.51. The van der Waals surface area contributed by atoms with E-state index in [0.29, 0.717) is 6.10 Å². The van der Waals surface area contributed by atoms with Crippen molar-refractivity contribution in [3.05, 3.63) is 27.8 Å². The Morgan fingerprint density at radius 3 is 2.17 bits per heavy atom. The van der Waals surface area contributed by atoms with Crippen LogP contribution in [0.3, 0.4) is 0 Å². The van der Waals surface area contributed by atoms with Crippen molar-refractivity contribution >= 4 is 22.6 Å². The molecule has 0 amide bonds. The molecule has 0 N–H and O–H groups in total. The second-order valence-corrected chi connectivity index (χ2v) is 7.17. The summed E-state index contributed by atoms with van der Waals surface area (Å²) in [4.78, 5) is 2.54. The van der Waals surface area contributed by atoms with Crippen LogP contribution in [-0.4, -0.2) is 29.6 Å². The second-order valence-electron chi connectivity index (χ2n) is 5.93. The normalized spacial score (nSPS) is 18.9. The number of nitrogens with zero attached hydrogens (tertiary/aromatic N) is 1. The van der Waals surface area contributed by atoms with Gasteiger partial charge in [0.1, 0.15) is 11.9 Å². The lowest BCUT2D eigenvalue weighted by Gasteiger charge is -2.40. The zero-order chi connectivity index (χ0) is 13.2. The summed E-state index contributed by atoms with van der Waals surface area (Å²) in [5.74, 6) is 1.00. The maximum Gasteiger partial charge on any atom is 0.119 e. The molecule has 1 aromatic rings. The van der Waals surface area contributed by atoms with Gasteiger partial charge in [-0.1, -0.05) is 0 Å². The standard InChI is InChI=1S/C15H22INO/c1-15(2,3)17-10-8-14(9-11-17)18-13-6-4-12(16)5-7-13/h4-7,14H,8-11H2,1-3H3. The predicted molar refractivity (Wildman–Crippen MR) is 84.1 cm³/mol. The number of ether oxygens (including phenoxy) is 1. The highest BCUT2D eigenvalue weighted by Gasteiger charge is 2.27. The Kier molecular flexibility index (Phi) is 4.54. The summed E-state index contributed by atoms with van der Waals surface area (Å²) in [5.41, 5.74) is 0.286. The number of benzene rings is 1. The summed E-state index contributed by atoms with van der Waals surface area (Å²) < 4.78 is 7.29. The lowest BCUT2D eigenvalue weighted by molar-refractivity contribution is 0.0491. The molecule has 0 unspecified atom stereocenters. The monoisotopic (exact) mass is 359 g/mol. The van der Waals surface area contributed by atoms with E-state index in [1.165, 1.54) is 3.57 Å². The summed E-state index contributed by atoms with van der Waals surface area (Å²) in [7, 11) is 0. The molecule has 18 heavy (non-hydrogen) atoms. The highest BCUT2D eigenvalue weighted by atomic mass is 127. The van der Waals surface area contributed by atoms with Gasteiger partial charge < -0.3 is 4.74 Å². The molecule has 1 fully saturated rings. The smallest absolute Gasteiger partial charge is 0.119 e. The molecule has 0 aromatic heterocycles. The molecule has 0 aliphatic carbocycles. The van der Waals surface area contributed by atoms with Crippen molar-refractivity contribution in [1.29, 1.82) is 0 Å². The number of likely N-dealkylation sites (tertiary alicyclic amines) is 1. The van der Waals surface area contributed by atoms with E-state index in [1.807, 2.05) is 0 Å². The van der Waals surface area contributed by atoms with Crippen molar-refractivity contribution in [2.24, 2.45) is 0 Å². The number of piperidine rings is 1. The summed E-state index contributed by atoms with van der Waals surface area (Å²) >= 11 is 2.32. The number of hydrogen-bond donors (Lipinski definition) is 0. The molecule has 2 rings (SSSR count). The van der Waals surface area contributed by atoms with Crippen LogP contribution in [0.4, 0.5) is 0 Å². The van der Waals surface area contributed by atoms with Crippen LogP contribution in [-0.2, 0) is 0 Å². The van der Waals surface area contributed by atoms with Crippen molar-refractivity contribution in [3.8, 4) is 5.75 Å². The summed E-state index contributed by atoms with van der Waals surface area (Å²) in [6, 6.07) is 8.33. The summed E-state index contributed by atoms with van der Waals surface area (Å²) in [6.45, 7) is 9.13. The molecule has 100 valence electrons. The van der Waals surface area contributed by atoms with E-state index in [2.05, 4.69) is 72.5 Å². The first-order chi connectivity index (χ1) is 8.45. The van der Waals surface area contributed by atoms with Gasteiger partial charge >= 0.3 is 0 Å². The Hall–Kier alpha value is -0.290. The molecule has 1 aliphatic heterocycles. The molecule has 0 bridgehead atoms. The molecular weight excluding hydrogens is 337 g/mol. The minimum Gasteiger partial charge on any atom is -0.490 e. The van der Waals surface area contributed by atoms with Gasteiger partial charge in [0.25, 0.3) is 0 Å².